The number of carbonyl (C=O) groups excluding carboxylic acids is 1. The molecule has 0 aliphatic carbocycles. The molecule has 0 amide bonds. The van der Waals surface area contributed by atoms with Gasteiger partial charge in [0, 0.05) is 0 Å². The van der Waals surface area contributed by atoms with Gasteiger partial charge in [-0.05, 0) is 0 Å². The first-order valence-corrected chi connectivity index (χ1v) is 5.39. The molecule has 0 radical (unpaired) electrons. The van der Waals surface area contributed by atoms with E-state index >= 15 is 0 Å². The van der Waals surface area contributed by atoms with Crippen LogP contribution in [0.5, 0.6) is 0 Å². The van der Waals surface area contributed by atoms with Gasteiger partial charge in [0.2, 0.25) is 0 Å². The third-order valence-corrected chi connectivity index (χ3v) is 2.56. The molecule has 4 N–H and O–H groups in total. The summed E-state index contributed by atoms with van der Waals surface area (Å²) in [4.78, 5) is 11.4. The molecule has 1 aliphatic rings. The van der Waals surface area contributed by atoms with Crippen molar-refractivity contribution in [3.63, 3.8) is 0 Å². The van der Waals surface area contributed by atoms with Gasteiger partial charge in [0.25, 0.3) is 0 Å². The Balaban J connectivity index is 2.75. The lowest BCUT2D eigenvalue weighted by Gasteiger charge is -2.39. The van der Waals surface area contributed by atoms with Crippen LogP contribution in [0.1, 0.15) is 13.8 Å². The van der Waals surface area contributed by atoms with Crippen molar-refractivity contribution < 1.29 is 34.7 Å². The van der Waals surface area contributed by atoms with Crippen LogP contribution in [-0.2, 0) is 14.3 Å². The molecule has 0 aromatic heterocycles. The topological polar surface area (TPSA) is 116 Å². The van der Waals surface area contributed by atoms with Gasteiger partial charge in [-0.25, -0.2) is 0 Å². The van der Waals surface area contributed by atoms with Gasteiger partial charge < -0.3 is 29.9 Å². The average molecular weight is 250 g/mol. The minimum absolute atomic E-state index is 0.412. The normalized spacial score (nSPS) is 38.2. The van der Waals surface area contributed by atoms with Gasteiger partial charge in [0.15, 0.2) is 12.4 Å². The molecule has 5 atom stereocenters. The Morgan fingerprint density at radius 2 is 1.88 bits per heavy atom. The van der Waals surface area contributed by atoms with E-state index in [0.29, 0.717) is 0 Å². The molecule has 1 saturated heterocycles. The minimum Gasteiger partial charge on any atom is -0.456 e. The Labute approximate surface area is 98.6 Å². The van der Waals surface area contributed by atoms with Crippen molar-refractivity contribution in [1.82, 2.24) is 0 Å². The summed E-state index contributed by atoms with van der Waals surface area (Å²) in [7, 11) is 0. The second-order valence-electron chi connectivity index (χ2n) is 4.29. The van der Waals surface area contributed by atoms with E-state index in [9.17, 15) is 20.1 Å². The number of aliphatic hydroxyl groups is 4. The molecule has 0 bridgehead atoms. The van der Waals surface area contributed by atoms with Crippen LogP contribution in [-0.4, -0.2) is 63.7 Å². The van der Waals surface area contributed by atoms with E-state index in [1.165, 1.54) is 0 Å². The summed E-state index contributed by atoms with van der Waals surface area (Å²) in [5.41, 5.74) is 0. The van der Waals surface area contributed by atoms with Gasteiger partial charge in [-0.3, -0.25) is 4.79 Å². The van der Waals surface area contributed by atoms with Crippen LogP contribution >= 0.6 is 0 Å². The number of carbonyl (C=O) groups is 1. The van der Waals surface area contributed by atoms with Gasteiger partial charge in [-0.15, -0.1) is 0 Å². The molecule has 1 fully saturated rings. The number of hydrogen-bond donors (Lipinski definition) is 4. The highest BCUT2D eigenvalue weighted by Gasteiger charge is 2.46. The lowest BCUT2D eigenvalue weighted by Crippen LogP contribution is -2.60. The van der Waals surface area contributed by atoms with Crippen molar-refractivity contribution in [3.05, 3.63) is 0 Å². The third-order valence-electron chi connectivity index (χ3n) is 2.56. The molecule has 7 nitrogen and oxygen atoms in total. The van der Waals surface area contributed by atoms with E-state index in [4.69, 9.17) is 14.6 Å². The second-order valence-corrected chi connectivity index (χ2v) is 4.29. The van der Waals surface area contributed by atoms with Crippen molar-refractivity contribution in [2.24, 2.45) is 5.92 Å². The van der Waals surface area contributed by atoms with Crippen LogP contribution < -0.4 is 0 Å². The van der Waals surface area contributed by atoms with Gasteiger partial charge in [0.1, 0.15) is 18.3 Å². The quantitative estimate of drug-likeness (QED) is 0.427. The van der Waals surface area contributed by atoms with E-state index in [1.807, 2.05) is 0 Å². The highest BCUT2D eigenvalue weighted by atomic mass is 16.7. The zero-order valence-electron chi connectivity index (χ0n) is 9.68. The third kappa shape index (κ3) is 3.14. The molecule has 17 heavy (non-hydrogen) atoms. The zero-order chi connectivity index (χ0) is 13.2. The molecule has 7 heteroatoms. The molecular formula is C10H18O7. The average Bonchev–Trinajstić information content (AvgIpc) is 2.29. The standard InChI is InChI=1S/C10H18O7/c1-4(2)9(14)17-8-5(3-11)16-10(15)7(13)6(8)12/h4-8,10-13,15H,3H2,1-2H3. The van der Waals surface area contributed by atoms with Crippen LogP contribution in [0.4, 0.5) is 0 Å². The molecule has 1 heterocycles. The number of ether oxygens (including phenoxy) is 2. The molecule has 0 saturated carbocycles. The van der Waals surface area contributed by atoms with E-state index in [0.717, 1.165) is 0 Å². The van der Waals surface area contributed by atoms with Crippen LogP contribution in [0, 0.1) is 5.92 Å². The molecule has 1 aliphatic heterocycles. The van der Waals surface area contributed by atoms with E-state index in [2.05, 4.69) is 0 Å². The van der Waals surface area contributed by atoms with Crippen LogP contribution in [0.2, 0.25) is 0 Å². The largest absolute Gasteiger partial charge is 0.456 e. The molecular weight excluding hydrogens is 232 g/mol. The lowest BCUT2D eigenvalue weighted by atomic mass is 9.99. The van der Waals surface area contributed by atoms with Crippen molar-refractivity contribution >= 4 is 5.97 Å². The highest BCUT2D eigenvalue weighted by Crippen LogP contribution is 2.23. The number of hydrogen-bond acceptors (Lipinski definition) is 7. The first kappa shape index (κ1) is 14.3. The first-order chi connectivity index (χ1) is 7.88. The molecule has 0 spiro atoms. The minimum atomic E-state index is -1.61. The molecule has 5 unspecified atom stereocenters. The summed E-state index contributed by atoms with van der Waals surface area (Å²) in [6.45, 7) is 2.67. The summed E-state index contributed by atoms with van der Waals surface area (Å²) >= 11 is 0. The number of rotatable bonds is 3. The van der Waals surface area contributed by atoms with Crippen LogP contribution in [0.15, 0.2) is 0 Å². The van der Waals surface area contributed by atoms with E-state index in [1.54, 1.807) is 13.8 Å². The Kier molecular flexibility index (Phi) is 4.84. The van der Waals surface area contributed by atoms with Gasteiger partial charge in [-0.1, -0.05) is 13.8 Å². The fraction of sp³-hybridized carbons (Fsp3) is 0.900. The summed E-state index contributed by atoms with van der Waals surface area (Å²) in [6.07, 6.45) is -6.96. The summed E-state index contributed by atoms with van der Waals surface area (Å²) in [5.74, 6) is -0.995. The Hall–Kier alpha value is -0.730. The second kappa shape index (κ2) is 5.74. The fourth-order valence-electron chi connectivity index (χ4n) is 1.48. The first-order valence-electron chi connectivity index (χ1n) is 5.39. The van der Waals surface area contributed by atoms with Crippen molar-refractivity contribution in [2.45, 2.75) is 44.6 Å². The van der Waals surface area contributed by atoms with Gasteiger partial charge in [-0.2, -0.15) is 0 Å². The molecule has 100 valence electrons. The highest BCUT2D eigenvalue weighted by molar-refractivity contribution is 5.71. The van der Waals surface area contributed by atoms with E-state index in [-0.39, 0.29) is 0 Å². The van der Waals surface area contributed by atoms with Crippen molar-refractivity contribution in [1.29, 1.82) is 0 Å². The fourth-order valence-corrected chi connectivity index (χ4v) is 1.48. The number of aliphatic hydroxyl groups excluding tert-OH is 4. The van der Waals surface area contributed by atoms with Crippen molar-refractivity contribution in [2.75, 3.05) is 6.61 Å². The summed E-state index contributed by atoms with van der Waals surface area (Å²) < 4.78 is 9.77. The summed E-state index contributed by atoms with van der Waals surface area (Å²) in [6, 6.07) is 0. The monoisotopic (exact) mass is 250 g/mol. The maximum atomic E-state index is 11.4. The molecule has 0 aromatic carbocycles. The van der Waals surface area contributed by atoms with E-state index < -0.39 is 49.2 Å². The zero-order valence-corrected chi connectivity index (χ0v) is 9.68. The predicted molar refractivity (Wildman–Crippen MR) is 54.7 cm³/mol. The Morgan fingerprint density at radius 3 is 2.35 bits per heavy atom. The smallest absolute Gasteiger partial charge is 0.308 e. The SMILES string of the molecule is CC(C)C(=O)OC1C(CO)OC(O)C(O)C1O. The van der Waals surface area contributed by atoms with Gasteiger partial charge in [0.05, 0.1) is 12.5 Å². The Morgan fingerprint density at radius 1 is 1.29 bits per heavy atom. The van der Waals surface area contributed by atoms with Gasteiger partial charge >= 0.3 is 5.97 Å². The van der Waals surface area contributed by atoms with Crippen molar-refractivity contribution in [3.8, 4) is 0 Å². The Bertz CT molecular complexity index is 265. The molecule has 1 rings (SSSR count). The van der Waals surface area contributed by atoms with Crippen LogP contribution in [0.3, 0.4) is 0 Å². The number of esters is 1. The maximum Gasteiger partial charge on any atom is 0.308 e. The maximum absolute atomic E-state index is 11.4. The lowest BCUT2D eigenvalue weighted by molar-refractivity contribution is -0.290. The molecule has 0 aromatic rings. The predicted octanol–water partition coefficient (Wildman–Crippen LogP) is -2.01. The van der Waals surface area contributed by atoms with Crippen LogP contribution in [0.25, 0.3) is 0 Å². The summed E-state index contributed by atoms with van der Waals surface area (Å²) in [5, 5.41) is 37.3.